The molecule has 0 aliphatic rings. The number of benzene rings is 2. The summed E-state index contributed by atoms with van der Waals surface area (Å²) in [5, 5.41) is 4.00. The van der Waals surface area contributed by atoms with Gasteiger partial charge in [0.15, 0.2) is 5.16 Å². The van der Waals surface area contributed by atoms with Crippen LogP contribution in [0, 0.1) is 0 Å². The van der Waals surface area contributed by atoms with Gasteiger partial charge in [0.05, 0.1) is 23.8 Å². The number of nitrogens with one attached hydrogen (secondary N) is 1. The highest BCUT2D eigenvalue weighted by atomic mass is 32.2. The van der Waals surface area contributed by atoms with E-state index in [0.29, 0.717) is 21.7 Å². The number of hydrogen-bond acceptors (Lipinski definition) is 5. The summed E-state index contributed by atoms with van der Waals surface area (Å²) in [6.45, 7) is 4.01. The van der Waals surface area contributed by atoms with E-state index in [1.165, 1.54) is 11.8 Å². The first-order chi connectivity index (χ1) is 13.5. The van der Waals surface area contributed by atoms with Crippen LogP contribution in [-0.4, -0.2) is 28.3 Å². The summed E-state index contributed by atoms with van der Waals surface area (Å²) in [4.78, 5) is 29.9. The summed E-state index contributed by atoms with van der Waals surface area (Å²) in [6, 6.07) is 14.4. The third-order valence-electron chi connectivity index (χ3n) is 4.51. The molecule has 1 heterocycles. The van der Waals surface area contributed by atoms with Crippen molar-refractivity contribution < 1.29 is 9.53 Å². The summed E-state index contributed by atoms with van der Waals surface area (Å²) in [6.07, 6.45) is 0.797. The average Bonchev–Trinajstić information content (AvgIpc) is 2.72. The molecule has 3 aromatic rings. The topological polar surface area (TPSA) is 73.2 Å². The smallest absolute Gasteiger partial charge is 0.262 e. The van der Waals surface area contributed by atoms with Crippen molar-refractivity contribution in [2.24, 2.45) is 0 Å². The molecule has 0 radical (unpaired) electrons. The fourth-order valence-corrected chi connectivity index (χ4v) is 3.70. The lowest BCUT2D eigenvalue weighted by Crippen LogP contribution is -2.26. The second-order valence-electron chi connectivity index (χ2n) is 6.41. The summed E-state index contributed by atoms with van der Waals surface area (Å²) in [5.41, 5.74) is 1.26. The monoisotopic (exact) mass is 397 g/mol. The molecule has 1 amide bonds. The molecular weight excluding hydrogens is 374 g/mol. The second-order valence-corrected chi connectivity index (χ2v) is 7.35. The third kappa shape index (κ3) is 4.36. The van der Waals surface area contributed by atoms with E-state index in [2.05, 4.69) is 10.3 Å². The Hall–Kier alpha value is -2.80. The first-order valence-electron chi connectivity index (χ1n) is 9.11. The van der Waals surface area contributed by atoms with Gasteiger partial charge in [-0.25, -0.2) is 4.98 Å². The number of fused-ring (bicyclic) bond motifs is 1. The minimum absolute atomic E-state index is 0.00300. The number of aromatic nitrogens is 2. The first kappa shape index (κ1) is 19.9. The summed E-state index contributed by atoms with van der Waals surface area (Å²) < 4.78 is 6.80. The predicted molar refractivity (Wildman–Crippen MR) is 113 cm³/mol. The molecule has 6 nitrogen and oxygen atoms in total. The van der Waals surface area contributed by atoms with E-state index >= 15 is 0 Å². The normalized spacial score (nSPS) is 12.0. The lowest BCUT2D eigenvalue weighted by atomic mass is 10.2. The van der Waals surface area contributed by atoms with E-state index in [1.807, 2.05) is 32.0 Å². The van der Waals surface area contributed by atoms with Crippen molar-refractivity contribution in [3.05, 3.63) is 58.9 Å². The number of anilines is 1. The largest absolute Gasteiger partial charge is 0.497 e. The highest BCUT2D eigenvalue weighted by Gasteiger charge is 2.16. The van der Waals surface area contributed by atoms with E-state index in [1.54, 1.807) is 42.0 Å². The van der Waals surface area contributed by atoms with Crippen LogP contribution in [0.5, 0.6) is 5.75 Å². The predicted octanol–water partition coefficient (Wildman–Crippen LogP) is 4.11. The van der Waals surface area contributed by atoms with Gasteiger partial charge in [-0.2, -0.15) is 0 Å². The average molecular weight is 398 g/mol. The molecule has 0 spiro atoms. The molecule has 0 bridgehead atoms. The zero-order valence-corrected chi connectivity index (χ0v) is 17.0. The summed E-state index contributed by atoms with van der Waals surface area (Å²) in [7, 11) is 1.59. The molecule has 0 aliphatic heterocycles. The molecule has 0 aliphatic carbocycles. The van der Waals surface area contributed by atoms with Crippen LogP contribution in [0.4, 0.5) is 5.69 Å². The van der Waals surface area contributed by atoms with Crippen molar-refractivity contribution >= 4 is 34.3 Å². The molecule has 0 saturated heterocycles. The van der Waals surface area contributed by atoms with Crippen LogP contribution in [-0.2, 0) is 4.79 Å². The summed E-state index contributed by atoms with van der Waals surface area (Å²) >= 11 is 1.27. The lowest BCUT2D eigenvalue weighted by molar-refractivity contribution is -0.113. The Morgan fingerprint density at radius 1 is 1.21 bits per heavy atom. The van der Waals surface area contributed by atoms with Gasteiger partial charge in [0.1, 0.15) is 5.75 Å². The molecule has 3 rings (SSSR count). The minimum atomic E-state index is -0.159. The number of methoxy groups -OCH3 is 1. The van der Waals surface area contributed by atoms with Crippen molar-refractivity contribution in [3.8, 4) is 5.75 Å². The van der Waals surface area contributed by atoms with Crippen LogP contribution >= 0.6 is 11.8 Å². The SMILES string of the molecule is CC[C@H](C)n1c(SCC(=O)Nc2ccc(OC)cc2)nc2ccccc2c1=O. The van der Waals surface area contributed by atoms with E-state index < -0.39 is 0 Å². The maximum absolute atomic E-state index is 12.9. The molecule has 0 unspecified atom stereocenters. The van der Waals surface area contributed by atoms with Gasteiger partial charge in [-0.15, -0.1) is 0 Å². The first-order valence-corrected chi connectivity index (χ1v) is 10.1. The van der Waals surface area contributed by atoms with Crippen molar-refractivity contribution in [1.29, 1.82) is 0 Å². The van der Waals surface area contributed by atoms with Crippen LogP contribution in [0.15, 0.2) is 58.5 Å². The molecule has 0 fully saturated rings. The Morgan fingerprint density at radius 2 is 1.93 bits per heavy atom. The zero-order chi connectivity index (χ0) is 20.1. The van der Waals surface area contributed by atoms with Gasteiger partial charge in [0.25, 0.3) is 5.56 Å². The molecule has 146 valence electrons. The van der Waals surface area contributed by atoms with Crippen LogP contribution in [0.25, 0.3) is 10.9 Å². The zero-order valence-electron chi connectivity index (χ0n) is 16.1. The Morgan fingerprint density at radius 3 is 2.61 bits per heavy atom. The molecule has 1 atom stereocenters. The number of rotatable bonds is 7. The highest BCUT2D eigenvalue weighted by molar-refractivity contribution is 7.99. The fourth-order valence-electron chi connectivity index (χ4n) is 2.80. The van der Waals surface area contributed by atoms with Crippen LogP contribution < -0.4 is 15.6 Å². The van der Waals surface area contributed by atoms with Gasteiger partial charge in [0.2, 0.25) is 5.91 Å². The highest BCUT2D eigenvalue weighted by Crippen LogP contribution is 2.23. The maximum atomic E-state index is 12.9. The number of ether oxygens (including phenoxy) is 1. The summed E-state index contributed by atoms with van der Waals surface area (Å²) in [5.74, 6) is 0.728. The van der Waals surface area contributed by atoms with Crippen molar-refractivity contribution in [2.75, 3.05) is 18.2 Å². The van der Waals surface area contributed by atoms with E-state index in [4.69, 9.17) is 4.74 Å². The molecule has 2 aromatic carbocycles. The molecule has 1 aromatic heterocycles. The molecule has 7 heteroatoms. The number of amides is 1. The van der Waals surface area contributed by atoms with Crippen LogP contribution in [0.2, 0.25) is 0 Å². The molecule has 28 heavy (non-hydrogen) atoms. The minimum Gasteiger partial charge on any atom is -0.497 e. The Labute approximate surface area is 167 Å². The number of thioether (sulfide) groups is 1. The third-order valence-corrected chi connectivity index (χ3v) is 5.47. The van der Waals surface area contributed by atoms with Gasteiger partial charge in [0, 0.05) is 11.7 Å². The van der Waals surface area contributed by atoms with E-state index in [9.17, 15) is 9.59 Å². The molecule has 1 N–H and O–H groups in total. The lowest BCUT2D eigenvalue weighted by Gasteiger charge is -2.18. The van der Waals surface area contributed by atoms with Gasteiger partial charge in [-0.1, -0.05) is 30.8 Å². The quantitative estimate of drug-likeness (QED) is 0.480. The number of carbonyl (C=O) groups is 1. The Kier molecular flexibility index (Phi) is 6.36. The number of hydrogen-bond donors (Lipinski definition) is 1. The van der Waals surface area contributed by atoms with Crippen molar-refractivity contribution in [3.63, 3.8) is 0 Å². The van der Waals surface area contributed by atoms with E-state index in [0.717, 1.165) is 12.2 Å². The van der Waals surface area contributed by atoms with Crippen LogP contribution in [0.1, 0.15) is 26.3 Å². The van der Waals surface area contributed by atoms with Gasteiger partial charge in [-0.05, 0) is 49.7 Å². The fraction of sp³-hybridized carbons (Fsp3) is 0.286. The van der Waals surface area contributed by atoms with Gasteiger partial charge in [-0.3, -0.25) is 14.2 Å². The maximum Gasteiger partial charge on any atom is 0.262 e. The van der Waals surface area contributed by atoms with Gasteiger partial charge < -0.3 is 10.1 Å². The molecule has 0 saturated carbocycles. The van der Waals surface area contributed by atoms with Crippen molar-refractivity contribution in [2.45, 2.75) is 31.5 Å². The van der Waals surface area contributed by atoms with Gasteiger partial charge >= 0.3 is 0 Å². The number of carbonyl (C=O) groups excluding carboxylic acids is 1. The molecular formula is C21H23N3O3S. The van der Waals surface area contributed by atoms with Crippen LogP contribution in [0.3, 0.4) is 0 Å². The standard InChI is InChI=1S/C21H23N3O3S/c1-4-14(2)24-20(26)17-7-5-6-8-18(17)23-21(24)28-13-19(25)22-15-9-11-16(27-3)12-10-15/h5-12,14H,4,13H2,1-3H3,(H,22,25)/t14-/m0/s1. The van der Waals surface area contributed by atoms with E-state index in [-0.39, 0.29) is 23.3 Å². The van der Waals surface area contributed by atoms with Crippen molar-refractivity contribution in [1.82, 2.24) is 9.55 Å². The second kappa shape index (κ2) is 8.93. The number of para-hydroxylation sites is 1. The Balaban J connectivity index is 1.80. The Bertz CT molecular complexity index is 1030. The number of nitrogens with zero attached hydrogens (tertiary/aromatic N) is 2.